The lowest BCUT2D eigenvalue weighted by atomic mass is 10.2. The van der Waals surface area contributed by atoms with Gasteiger partial charge >= 0.3 is 5.97 Å². The van der Waals surface area contributed by atoms with Crippen LogP contribution in [-0.2, 0) is 14.4 Å². The summed E-state index contributed by atoms with van der Waals surface area (Å²) in [5, 5.41) is 13.0. The smallest absolute Gasteiger partial charge is 0.327 e. The monoisotopic (exact) mass is 212 g/mol. The molecule has 0 saturated heterocycles. The lowest BCUT2D eigenvalue weighted by Crippen LogP contribution is -2.45. The molecule has 0 fully saturated rings. The number of hydrogen-bond donors (Lipinski definition) is 3. The molecule has 0 aliphatic heterocycles. The maximum atomic E-state index is 11.1. The van der Waals surface area contributed by atoms with Gasteiger partial charge in [-0.2, -0.15) is 0 Å². The van der Waals surface area contributed by atoms with E-state index in [1.807, 2.05) is 0 Å². The van der Waals surface area contributed by atoms with Crippen molar-refractivity contribution in [3.05, 3.63) is 0 Å². The Bertz CT molecular complexity index is 306. The van der Waals surface area contributed by atoms with Crippen LogP contribution in [0, 0.1) is 12.3 Å². The molecule has 0 radical (unpaired) electrons. The summed E-state index contributed by atoms with van der Waals surface area (Å²) in [4.78, 5) is 32.1. The van der Waals surface area contributed by atoms with E-state index in [4.69, 9.17) is 11.5 Å². The van der Waals surface area contributed by atoms with E-state index in [1.165, 1.54) is 6.92 Å². The molecule has 0 aromatic rings. The number of terminal acetylenes is 1. The summed E-state index contributed by atoms with van der Waals surface area (Å²) in [6.07, 6.45) is 4.83. The Kier molecular flexibility index (Phi) is 5.56. The zero-order valence-electron chi connectivity index (χ0n) is 8.24. The van der Waals surface area contributed by atoms with Gasteiger partial charge in [-0.3, -0.25) is 9.59 Å². The Morgan fingerprint density at radius 3 is 2.47 bits per heavy atom. The molecule has 15 heavy (non-hydrogen) atoms. The first kappa shape index (κ1) is 13.0. The lowest BCUT2D eigenvalue weighted by molar-refractivity contribution is -0.141. The summed E-state index contributed by atoms with van der Waals surface area (Å²) in [7, 11) is 0. The van der Waals surface area contributed by atoms with Crippen molar-refractivity contribution in [2.45, 2.75) is 19.4 Å². The molecule has 1 atom stereocenters. The molecule has 0 bridgehead atoms. The van der Waals surface area contributed by atoms with Crippen molar-refractivity contribution in [1.29, 1.82) is 0 Å². The highest BCUT2D eigenvalue weighted by Crippen LogP contribution is 1.90. The summed E-state index contributed by atoms with van der Waals surface area (Å²) < 4.78 is 0. The number of aliphatic carboxylic acids is 1. The maximum Gasteiger partial charge on any atom is 0.327 e. The van der Waals surface area contributed by atoms with Gasteiger partial charge in [-0.05, 0) is 0 Å². The Hall–Kier alpha value is -2.03. The maximum absolute atomic E-state index is 11.1. The molecule has 0 spiro atoms. The number of nitrogens with one attached hydrogen (secondary N) is 2. The van der Waals surface area contributed by atoms with Crippen LogP contribution in [-0.4, -0.2) is 35.5 Å². The number of rotatable bonds is 5. The van der Waals surface area contributed by atoms with Gasteiger partial charge in [0.1, 0.15) is 6.04 Å². The van der Waals surface area contributed by atoms with Gasteiger partial charge < -0.3 is 15.7 Å². The minimum absolute atomic E-state index is 0.0961. The molecule has 0 saturated carbocycles. The lowest BCUT2D eigenvalue weighted by Gasteiger charge is -2.11. The SMILES string of the molecule is C#CCC(NC(=O)CNC(C)=O)C(=O)O. The second kappa shape index (κ2) is 6.43. The summed E-state index contributed by atoms with van der Waals surface area (Å²) in [5.41, 5.74) is 0. The van der Waals surface area contributed by atoms with E-state index in [9.17, 15) is 14.4 Å². The summed E-state index contributed by atoms with van der Waals surface area (Å²) in [6.45, 7) is 0.993. The predicted octanol–water partition coefficient (Wildman–Crippen LogP) is -1.28. The Balaban J connectivity index is 4.07. The van der Waals surface area contributed by atoms with Crippen LogP contribution >= 0.6 is 0 Å². The topological polar surface area (TPSA) is 95.5 Å². The highest BCUT2D eigenvalue weighted by atomic mass is 16.4. The van der Waals surface area contributed by atoms with Crippen molar-refractivity contribution < 1.29 is 19.5 Å². The largest absolute Gasteiger partial charge is 0.480 e. The van der Waals surface area contributed by atoms with E-state index in [0.29, 0.717) is 0 Å². The van der Waals surface area contributed by atoms with Crippen LogP contribution in [0.5, 0.6) is 0 Å². The van der Waals surface area contributed by atoms with Crippen molar-refractivity contribution in [2.75, 3.05) is 6.54 Å². The van der Waals surface area contributed by atoms with Crippen LogP contribution in [0.15, 0.2) is 0 Å². The average Bonchev–Trinajstić information content (AvgIpc) is 2.14. The standard InChI is InChI=1S/C9H12N2O4/c1-3-4-7(9(14)15)11-8(13)5-10-6(2)12/h1,7H,4-5H2,2H3,(H,10,12)(H,11,13)(H,14,15). The summed E-state index contributed by atoms with van der Waals surface area (Å²) >= 11 is 0. The zero-order valence-corrected chi connectivity index (χ0v) is 8.24. The van der Waals surface area contributed by atoms with E-state index in [1.54, 1.807) is 0 Å². The van der Waals surface area contributed by atoms with Crippen LogP contribution in [0.25, 0.3) is 0 Å². The molecular formula is C9H12N2O4. The van der Waals surface area contributed by atoms with Crippen LogP contribution < -0.4 is 10.6 Å². The van der Waals surface area contributed by atoms with Gasteiger partial charge in [0.2, 0.25) is 11.8 Å². The summed E-state index contributed by atoms with van der Waals surface area (Å²) in [5.74, 6) is -0.0247. The number of amides is 2. The van der Waals surface area contributed by atoms with E-state index < -0.39 is 17.9 Å². The third-order valence-corrected chi connectivity index (χ3v) is 1.45. The first-order chi connectivity index (χ1) is 6.97. The molecule has 6 heteroatoms. The third-order valence-electron chi connectivity index (χ3n) is 1.45. The zero-order chi connectivity index (χ0) is 11.8. The minimum Gasteiger partial charge on any atom is -0.480 e. The van der Waals surface area contributed by atoms with Crippen molar-refractivity contribution >= 4 is 17.8 Å². The van der Waals surface area contributed by atoms with Gasteiger partial charge in [-0.15, -0.1) is 12.3 Å². The van der Waals surface area contributed by atoms with Crippen molar-refractivity contribution in [1.82, 2.24) is 10.6 Å². The average molecular weight is 212 g/mol. The van der Waals surface area contributed by atoms with Gasteiger partial charge in [-0.25, -0.2) is 4.79 Å². The van der Waals surface area contributed by atoms with Crippen molar-refractivity contribution in [3.8, 4) is 12.3 Å². The van der Waals surface area contributed by atoms with Crippen LogP contribution in [0.4, 0.5) is 0 Å². The Morgan fingerprint density at radius 1 is 1.47 bits per heavy atom. The second-order valence-electron chi connectivity index (χ2n) is 2.78. The molecule has 0 aromatic carbocycles. The molecule has 1 unspecified atom stereocenters. The minimum atomic E-state index is -1.20. The molecule has 0 aliphatic rings. The number of carbonyl (C=O) groups excluding carboxylic acids is 2. The Labute approximate surface area is 87.0 Å². The highest BCUT2D eigenvalue weighted by molar-refractivity contribution is 5.87. The first-order valence-electron chi connectivity index (χ1n) is 4.17. The molecule has 0 aliphatic carbocycles. The molecule has 2 amide bonds. The number of carboxylic acid groups (broad SMARTS) is 1. The molecule has 0 aromatic heterocycles. The fourth-order valence-electron chi connectivity index (χ4n) is 0.768. The quantitative estimate of drug-likeness (QED) is 0.494. The van der Waals surface area contributed by atoms with Gasteiger partial charge in [0.15, 0.2) is 0 Å². The van der Waals surface area contributed by atoms with E-state index >= 15 is 0 Å². The molecular weight excluding hydrogens is 200 g/mol. The molecule has 82 valence electrons. The van der Waals surface area contributed by atoms with Gasteiger partial charge in [0.25, 0.3) is 0 Å². The number of hydrogen-bond acceptors (Lipinski definition) is 3. The molecule has 3 N–H and O–H groups in total. The van der Waals surface area contributed by atoms with Crippen molar-refractivity contribution in [2.24, 2.45) is 0 Å². The molecule has 0 heterocycles. The van der Waals surface area contributed by atoms with Crippen molar-refractivity contribution in [3.63, 3.8) is 0 Å². The predicted molar refractivity (Wildman–Crippen MR) is 51.7 cm³/mol. The van der Waals surface area contributed by atoms with E-state index in [0.717, 1.165) is 0 Å². The van der Waals surface area contributed by atoms with Gasteiger partial charge in [-0.1, -0.05) is 0 Å². The van der Waals surface area contributed by atoms with Crippen LogP contribution in [0.3, 0.4) is 0 Å². The normalized spacial score (nSPS) is 10.9. The van der Waals surface area contributed by atoms with E-state index in [-0.39, 0.29) is 18.9 Å². The van der Waals surface area contributed by atoms with Crippen LogP contribution in [0.1, 0.15) is 13.3 Å². The first-order valence-corrected chi connectivity index (χ1v) is 4.17. The second-order valence-corrected chi connectivity index (χ2v) is 2.78. The third kappa shape index (κ3) is 6.10. The fourth-order valence-corrected chi connectivity index (χ4v) is 0.768. The Morgan fingerprint density at radius 2 is 2.07 bits per heavy atom. The van der Waals surface area contributed by atoms with Crippen LogP contribution in [0.2, 0.25) is 0 Å². The summed E-state index contributed by atoms with van der Waals surface area (Å²) in [6, 6.07) is -1.11. The molecule has 6 nitrogen and oxygen atoms in total. The highest BCUT2D eigenvalue weighted by Gasteiger charge is 2.18. The fraction of sp³-hybridized carbons (Fsp3) is 0.444. The van der Waals surface area contributed by atoms with Gasteiger partial charge in [0.05, 0.1) is 6.54 Å². The van der Waals surface area contributed by atoms with Gasteiger partial charge in [0, 0.05) is 13.3 Å². The van der Waals surface area contributed by atoms with E-state index in [2.05, 4.69) is 16.6 Å². The number of carbonyl (C=O) groups is 3. The number of carboxylic acids is 1. The molecule has 0 rings (SSSR count).